The molecule has 0 atom stereocenters. The quantitative estimate of drug-likeness (QED) is 0.744. The van der Waals surface area contributed by atoms with E-state index in [1.807, 2.05) is 6.92 Å². The lowest BCUT2D eigenvalue weighted by Gasteiger charge is -1.98. The lowest BCUT2D eigenvalue weighted by molar-refractivity contribution is 0.671. The number of aromatic nitrogens is 2. The third-order valence-electron chi connectivity index (χ3n) is 2.32. The van der Waals surface area contributed by atoms with E-state index in [-0.39, 0.29) is 0 Å². The highest BCUT2D eigenvalue weighted by Crippen LogP contribution is 2.28. The first kappa shape index (κ1) is 8.88. The largest absolute Gasteiger partial charge is 0.383 e. The molecule has 1 aromatic heterocycles. The maximum absolute atomic E-state index is 8.92. The van der Waals surface area contributed by atoms with Gasteiger partial charge in [0.1, 0.15) is 17.5 Å². The number of hydrogen-bond donors (Lipinski definition) is 2. The summed E-state index contributed by atoms with van der Waals surface area (Å²) in [6.45, 7) is 2.64. The average molecular weight is 191 g/mol. The molecule has 74 valence electrons. The van der Waals surface area contributed by atoms with Crippen LogP contribution in [0.2, 0.25) is 0 Å². The molecule has 1 aromatic rings. The van der Waals surface area contributed by atoms with Gasteiger partial charge in [-0.2, -0.15) is 10.4 Å². The standard InChI is InChI=1S/C9H13N5/c1-2-14-8(11)7(5-10)9(13-14)12-6-3-4-6/h6H,2-4,11H2,1H3,(H,12,13). The normalized spacial score (nSPS) is 15.1. The summed E-state index contributed by atoms with van der Waals surface area (Å²) >= 11 is 0. The fourth-order valence-corrected chi connectivity index (χ4v) is 1.35. The summed E-state index contributed by atoms with van der Waals surface area (Å²) in [6, 6.07) is 2.57. The van der Waals surface area contributed by atoms with Crippen LogP contribution < -0.4 is 11.1 Å². The van der Waals surface area contributed by atoms with Crippen LogP contribution >= 0.6 is 0 Å². The number of rotatable bonds is 3. The van der Waals surface area contributed by atoms with Gasteiger partial charge in [-0.15, -0.1) is 0 Å². The van der Waals surface area contributed by atoms with Gasteiger partial charge in [-0.1, -0.05) is 0 Å². The molecule has 1 aliphatic rings. The fourth-order valence-electron chi connectivity index (χ4n) is 1.35. The van der Waals surface area contributed by atoms with Crippen molar-refractivity contribution in [1.29, 1.82) is 5.26 Å². The number of aryl methyl sites for hydroxylation is 1. The van der Waals surface area contributed by atoms with Crippen LogP contribution in [-0.2, 0) is 6.54 Å². The summed E-state index contributed by atoms with van der Waals surface area (Å²) < 4.78 is 1.64. The third kappa shape index (κ3) is 1.39. The Kier molecular flexibility index (Phi) is 2.04. The molecule has 0 radical (unpaired) electrons. The Morgan fingerprint density at radius 2 is 2.43 bits per heavy atom. The molecule has 1 fully saturated rings. The highest BCUT2D eigenvalue weighted by molar-refractivity contribution is 5.64. The first-order chi connectivity index (χ1) is 6.76. The zero-order valence-electron chi connectivity index (χ0n) is 8.12. The summed E-state index contributed by atoms with van der Waals surface area (Å²) in [5, 5.41) is 16.4. The van der Waals surface area contributed by atoms with Crippen molar-refractivity contribution in [2.24, 2.45) is 0 Å². The molecule has 5 nitrogen and oxygen atoms in total. The van der Waals surface area contributed by atoms with Crippen molar-refractivity contribution < 1.29 is 0 Å². The minimum absolute atomic E-state index is 0.457. The zero-order chi connectivity index (χ0) is 10.1. The van der Waals surface area contributed by atoms with E-state index >= 15 is 0 Å². The molecule has 0 bridgehead atoms. The molecular weight excluding hydrogens is 178 g/mol. The van der Waals surface area contributed by atoms with Gasteiger partial charge in [-0.3, -0.25) is 0 Å². The second-order valence-electron chi connectivity index (χ2n) is 3.46. The Bertz CT molecular complexity index is 383. The number of nitrogens with one attached hydrogen (secondary N) is 1. The van der Waals surface area contributed by atoms with Gasteiger partial charge >= 0.3 is 0 Å². The molecule has 0 unspecified atom stereocenters. The molecule has 0 aromatic carbocycles. The second kappa shape index (κ2) is 3.22. The minimum Gasteiger partial charge on any atom is -0.383 e. The molecule has 0 saturated heterocycles. The maximum Gasteiger partial charge on any atom is 0.168 e. The van der Waals surface area contributed by atoms with E-state index < -0.39 is 0 Å². The first-order valence-corrected chi connectivity index (χ1v) is 4.79. The van der Waals surface area contributed by atoms with Crippen molar-refractivity contribution in [2.45, 2.75) is 32.4 Å². The molecule has 14 heavy (non-hydrogen) atoms. The van der Waals surface area contributed by atoms with Crippen LogP contribution in [0, 0.1) is 11.3 Å². The highest BCUT2D eigenvalue weighted by atomic mass is 15.3. The minimum atomic E-state index is 0.457. The van der Waals surface area contributed by atoms with Crippen LogP contribution in [0.4, 0.5) is 11.6 Å². The summed E-state index contributed by atoms with van der Waals surface area (Å²) in [5.41, 5.74) is 6.23. The maximum atomic E-state index is 8.92. The molecule has 5 heteroatoms. The molecule has 3 N–H and O–H groups in total. The van der Waals surface area contributed by atoms with Crippen molar-refractivity contribution in [3.63, 3.8) is 0 Å². The number of hydrogen-bond acceptors (Lipinski definition) is 4. The highest BCUT2D eigenvalue weighted by Gasteiger charge is 2.24. The molecule has 1 aliphatic carbocycles. The average Bonchev–Trinajstić information content (AvgIpc) is 2.92. The van der Waals surface area contributed by atoms with Crippen molar-refractivity contribution in [3.05, 3.63) is 5.56 Å². The van der Waals surface area contributed by atoms with Crippen molar-refractivity contribution in [3.8, 4) is 6.07 Å². The molecule has 0 amide bonds. The number of nitriles is 1. The van der Waals surface area contributed by atoms with Gasteiger partial charge in [0.25, 0.3) is 0 Å². The van der Waals surface area contributed by atoms with Gasteiger partial charge < -0.3 is 11.1 Å². The molecule has 1 heterocycles. The van der Waals surface area contributed by atoms with E-state index in [0.717, 1.165) is 12.8 Å². The van der Waals surface area contributed by atoms with Crippen LogP contribution in [0.1, 0.15) is 25.3 Å². The third-order valence-corrected chi connectivity index (χ3v) is 2.32. The number of nitrogens with two attached hydrogens (primary N) is 1. The van der Waals surface area contributed by atoms with Crippen molar-refractivity contribution in [2.75, 3.05) is 11.1 Å². The van der Waals surface area contributed by atoms with Gasteiger partial charge in [0.15, 0.2) is 5.82 Å². The Balaban J connectivity index is 2.32. The van der Waals surface area contributed by atoms with Crippen LogP contribution in [0.15, 0.2) is 0 Å². The molecule has 0 spiro atoms. The van der Waals surface area contributed by atoms with E-state index in [4.69, 9.17) is 11.0 Å². The number of anilines is 2. The van der Waals surface area contributed by atoms with Crippen LogP contribution in [0.5, 0.6) is 0 Å². The lowest BCUT2D eigenvalue weighted by atomic mass is 10.3. The van der Waals surface area contributed by atoms with Crippen molar-refractivity contribution >= 4 is 11.6 Å². The molecular formula is C9H13N5. The zero-order valence-corrected chi connectivity index (χ0v) is 8.12. The van der Waals surface area contributed by atoms with E-state index in [1.165, 1.54) is 0 Å². The fraction of sp³-hybridized carbons (Fsp3) is 0.556. The Labute approximate surface area is 82.5 Å². The Morgan fingerprint density at radius 3 is 2.93 bits per heavy atom. The van der Waals surface area contributed by atoms with Crippen molar-refractivity contribution in [1.82, 2.24) is 9.78 Å². The predicted octanol–water partition coefficient (Wildman–Crippen LogP) is 0.931. The topological polar surface area (TPSA) is 79.7 Å². The van der Waals surface area contributed by atoms with E-state index in [1.54, 1.807) is 4.68 Å². The van der Waals surface area contributed by atoms with Gasteiger partial charge in [0, 0.05) is 12.6 Å². The van der Waals surface area contributed by atoms with Gasteiger partial charge in [-0.05, 0) is 19.8 Å². The molecule has 2 rings (SSSR count). The van der Waals surface area contributed by atoms with E-state index in [9.17, 15) is 0 Å². The lowest BCUT2D eigenvalue weighted by Crippen LogP contribution is -2.04. The smallest absolute Gasteiger partial charge is 0.168 e. The van der Waals surface area contributed by atoms with Crippen LogP contribution in [-0.4, -0.2) is 15.8 Å². The Hall–Kier alpha value is -1.70. The summed E-state index contributed by atoms with van der Waals surface area (Å²) in [6.07, 6.45) is 2.31. The number of nitrogens with zero attached hydrogens (tertiary/aromatic N) is 3. The van der Waals surface area contributed by atoms with E-state index in [0.29, 0.717) is 29.8 Å². The SMILES string of the molecule is CCn1nc(NC2CC2)c(C#N)c1N. The van der Waals surface area contributed by atoms with Gasteiger partial charge in [-0.25, -0.2) is 4.68 Å². The first-order valence-electron chi connectivity index (χ1n) is 4.79. The van der Waals surface area contributed by atoms with E-state index in [2.05, 4.69) is 16.5 Å². The monoisotopic (exact) mass is 191 g/mol. The van der Waals surface area contributed by atoms with Gasteiger partial charge in [0.05, 0.1) is 0 Å². The molecule has 0 aliphatic heterocycles. The molecule has 1 saturated carbocycles. The predicted molar refractivity (Wildman–Crippen MR) is 53.7 cm³/mol. The summed E-state index contributed by atoms with van der Waals surface area (Å²) in [5.74, 6) is 1.09. The van der Waals surface area contributed by atoms with Crippen LogP contribution in [0.25, 0.3) is 0 Å². The number of nitrogen functional groups attached to an aromatic ring is 1. The summed E-state index contributed by atoms with van der Waals surface area (Å²) in [7, 11) is 0. The summed E-state index contributed by atoms with van der Waals surface area (Å²) in [4.78, 5) is 0. The second-order valence-corrected chi connectivity index (χ2v) is 3.46. The van der Waals surface area contributed by atoms with Crippen LogP contribution in [0.3, 0.4) is 0 Å². The Morgan fingerprint density at radius 1 is 1.71 bits per heavy atom. The van der Waals surface area contributed by atoms with Gasteiger partial charge in [0.2, 0.25) is 0 Å².